The number of benzene rings is 1. The third-order valence-corrected chi connectivity index (χ3v) is 3.19. The molecule has 1 aromatic carbocycles. The highest BCUT2D eigenvalue weighted by atomic mass is 32.2. The number of rotatable bonds is 4. The molecule has 0 radical (unpaired) electrons. The molecular weight excluding hydrogens is 218 g/mol. The van der Waals surface area contributed by atoms with Gasteiger partial charge in [0.25, 0.3) is 0 Å². The first-order valence-corrected chi connectivity index (χ1v) is 6.46. The van der Waals surface area contributed by atoms with Crippen molar-refractivity contribution in [2.24, 2.45) is 0 Å². The zero-order valence-corrected chi connectivity index (χ0v) is 10.4. The molecule has 4 heteroatoms. The van der Waals surface area contributed by atoms with Gasteiger partial charge in [-0.05, 0) is 12.7 Å². The lowest BCUT2D eigenvalue weighted by Crippen LogP contribution is -1.99. The zero-order valence-electron chi connectivity index (χ0n) is 9.55. The molecule has 2 aromatic rings. The van der Waals surface area contributed by atoms with Crippen LogP contribution in [0.15, 0.2) is 35.5 Å². The highest BCUT2D eigenvalue weighted by Gasteiger charge is 2.11. The predicted octanol–water partition coefficient (Wildman–Crippen LogP) is 3.08. The predicted molar refractivity (Wildman–Crippen MR) is 67.5 cm³/mol. The molecule has 0 amide bonds. The molecule has 0 N–H and O–H groups in total. The van der Waals surface area contributed by atoms with Gasteiger partial charge in [0.15, 0.2) is 11.0 Å². The Morgan fingerprint density at radius 3 is 2.50 bits per heavy atom. The lowest BCUT2D eigenvalue weighted by atomic mass is 10.2. The average molecular weight is 233 g/mol. The van der Waals surface area contributed by atoms with E-state index in [2.05, 4.69) is 40.7 Å². The lowest BCUT2D eigenvalue weighted by molar-refractivity contribution is 0.687. The van der Waals surface area contributed by atoms with Crippen LogP contribution >= 0.6 is 11.8 Å². The second-order valence-corrected chi connectivity index (χ2v) is 4.58. The summed E-state index contributed by atoms with van der Waals surface area (Å²) in [5.74, 6) is 1.98. The Bertz CT molecular complexity index is 451. The molecule has 0 fully saturated rings. The second-order valence-electron chi connectivity index (χ2n) is 3.35. The van der Waals surface area contributed by atoms with Crippen molar-refractivity contribution >= 4 is 11.8 Å². The van der Waals surface area contributed by atoms with Crippen LogP contribution in [-0.2, 0) is 6.54 Å². The molecule has 0 spiro atoms. The summed E-state index contributed by atoms with van der Waals surface area (Å²) in [5.41, 5.74) is 1.12. The van der Waals surface area contributed by atoms with E-state index in [1.165, 1.54) is 0 Å². The van der Waals surface area contributed by atoms with Crippen LogP contribution in [0.25, 0.3) is 11.4 Å². The summed E-state index contributed by atoms with van der Waals surface area (Å²) in [4.78, 5) is 0. The van der Waals surface area contributed by atoms with Crippen LogP contribution in [0, 0.1) is 0 Å². The molecule has 2 rings (SSSR count). The van der Waals surface area contributed by atoms with Gasteiger partial charge >= 0.3 is 0 Å². The third kappa shape index (κ3) is 2.11. The molecule has 0 atom stereocenters. The van der Waals surface area contributed by atoms with Gasteiger partial charge in [-0.2, -0.15) is 0 Å². The molecule has 1 aromatic heterocycles. The van der Waals surface area contributed by atoms with Crippen LogP contribution in [0.4, 0.5) is 0 Å². The van der Waals surface area contributed by atoms with Gasteiger partial charge in [-0.3, -0.25) is 0 Å². The van der Waals surface area contributed by atoms with Gasteiger partial charge in [-0.25, -0.2) is 0 Å². The monoisotopic (exact) mass is 233 g/mol. The van der Waals surface area contributed by atoms with Crippen LogP contribution < -0.4 is 0 Å². The number of hydrogen-bond donors (Lipinski definition) is 0. The Hall–Kier alpha value is -1.29. The molecule has 3 nitrogen and oxygen atoms in total. The summed E-state index contributed by atoms with van der Waals surface area (Å²) >= 11 is 1.73. The van der Waals surface area contributed by atoms with Crippen molar-refractivity contribution in [1.29, 1.82) is 0 Å². The average Bonchev–Trinajstić information content (AvgIpc) is 2.73. The largest absolute Gasteiger partial charge is 0.302 e. The Morgan fingerprint density at radius 1 is 1.12 bits per heavy atom. The summed E-state index contributed by atoms with van der Waals surface area (Å²) in [6, 6.07) is 10.2. The van der Waals surface area contributed by atoms with E-state index in [1.54, 1.807) is 11.8 Å². The maximum atomic E-state index is 4.27. The van der Waals surface area contributed by atoms with E-state index in [0.717, 1.165) is 28.8 Å². The smallest absolute Gasteiger partial charge is 0.191 e. The van der Waals surface area contributed by atoms with Crippen molar-refractivity contribution in [2.45, 2.75) is 25.5 Å². The van der Waals surface area contributed by atoms with Crippen molar-refractivity contribution in [3.05, 3.63) is 30.3 Å². The highest BCUT2D eigenvalue weighted by Crippen LogP contribution is 2.23. The van der Waals surface area contributed by atoms with Crippen molar-refractivity contribution in [1.82, 2.24) is 14.8 Å². The van der Waals surface area contributed by atoms with E-state index in [9.17, 15) is 0 Å². The Morgan fingerprint density at radius 2 is 1.88 bits per heavy atom. The molecule has 1 heterocycles. The molecule has 0 aliphatic carbocycles. The minimum atomic E-state index is 0.902. The summed E-state index contributed by atoms with van der Waals surface area (Å²) < 4.78 is 2.16. The van der Waals surface area contributed by atoms with E-state index in [1.807, 2.05) is 18.2 Å². The number of aromatic nitrogens is 3. The first-order valence-electron chi connectivity index (χ1n) is 5.48. The SMILES string of the molecule is CCSc1nnc(-c2ccccc2)n1CC. The number of nitrogens with zero attached hydrogens (tertiary/aromatic N) is 3. The minimum Gasteiger partial charge on any atom is -0.302 e. The summed E-state index contributed by atoms with van der Waals surface area (Å²) in [6.45, 7) is 5.15. The Labute approximate surface area is 99.9 Å². The van der Waals surface area contributed by atoms with Crippen LogP contribution in [0.1, 0.15) is 13.8 Å². The van der Waals surface area contributed by atoms with Gasteiger partial charge in [-0.1, -0.05) is 49.0 Å². The van der Waals surface area contributed by atoms with Crippen LogP contribution in [0.3, 0.4) is 0 Å². The van der Waals surface area contributed by atoms with Crippen LogP contribution in [0.5, 0.6) is 0 Å². The molecule has 0 aliphatic rings. The molecule has 0 aliphatic heterocycles. The lowest BCUT2D eigenvalue weighted by Gasteiger charge is -2.05. The fourth-order valence-electron chi connectivity index (χ4n) is 1.61. The van der Waals surface area contributed by atoms with E-state index < -0.39 is 0 Å². The summed E-state index contributed by atoms with van der Waals surface area (Å²) in [7, 11) is 0. The van der Waals surface area contributed by atoms with E-state index in [4.69, 9.17) is 0 Å². The molecule has 0 unspecified atom stereocenters. The second kappa shape index (κ2) is 5.16. The molecule has 16 heavy (non-hydrogen) atoms. The van der Waals surface area contributed by atoms with Crippen LogP contribution in [0.2, 0.25) is 0 Å². The molecule has 84 valence electrons. The van der Waals surface area contributed by atoms with Crippen LogP contribution in [-0.4, -0.2) is 20.5 Å². The third-order valence-electron chi connectivity index (χ3n) is 2.34. The highest BCUT2D eigenvalue weighted by molar-refractivity contribution is 7.99. The van der Waals surface area contributed by atoms with Gasteiger partial charge in [0.05, 0.1) is 0 Å². The van der Waals surface area contributed by atoms with Crippen molar-refractivity contribution in [2.75, 3.05) is 5.75 Å². The normalized spacial score (nSPS) is 10.6. The van der Waals surface area contributed by atoms with E-state index in [-0.39, 0.29) is 0 Å². The summed E-state index contributed by atoms with van der Waals surface area (Å²) in [5, 5.41) is 9.50. The molecule has 0 saturated carbocycles. The van der Waals surface area contributed by atoms with E-state index >= 15 is 0 Å². The van der Waals surface area contributed by atoms with E-state index in [0.29, 0.717) is 0 Å². The first-order chi connectivity index (χ1) is 7.86. The zero-order chi connectivity index (χ0) is 11.4. The van der Waals surface area contributed by atoms with Crippen molar-refractivity contribution in [3.8, 4) is 11.4 Å². The maximum Gasteiger partial charge on any atom is 0.191 e. The summed E-state index contributed by atoms with van der Waals surface area (Å²) in [6.07, 6.45) is 0. The minimum absolute atomic E-state index is 0.902. The topological polar surface area (TPSA) is 30.7 Å². The van der Waals surface area contributed by atoms with Gasteiger partial charge in [0.1, 0.15) is 0 Å². The van der Waals surface area contributed by atoms with Crippen molar-refractivity contribution < 1.29 is 0 Å². The number of hydrogen-bond acceptors (Lipinski definition) is 3. The quantitative estimate of drug-likeness (QED) is 0.760. The van der Waals surface area contributed by atoms with Gasteiger partial charge in [0, 0.05) is 12.1 Å². The van der Waals surface area contributed by atoms with Gasteiger partial charge < -0.3 is 4.57 Å². The Balaban J connectivity index is 2.42. The standard InChI is InChI=1S/C12H15N3S/c1-3-15-11(10-8-6-5-7-9-10)13-14-12(15)16-4-2/h5-9H,3-4H2,1-2H3. The Kier molecular flexibility index (Phi) is 3.62. The van der Waals surface area contributed by atoms with Gasteiger partial charge in [-0.15, -0.1) is 10.2 Å². The molecule has 0 saturated heterocycles. The van der Waals surface area contributed by atoms with Gasteiger partial charge in [0.2, 0.25) is 0 Å². The first kappa shape index (κ1) is 11.2. The maximum absolute atomic E-state index is 4.27. The molecular formula is C12H15N3S. The van der Waals surface area contributed by atoms with Crippen molar-refractivity contribution in [3.63, 3.8) is 0 Å². The fraction of sp³-hybridized carbons (Fsp3) is 0.333. The molecule has 0 bridgehead atoms. The fourth-order valence-corrected chi connectivity index (χ4v) is 2.34. The number of thioether (sulfide) groups is 1.